The molecule has 124 valence electrons. The first-order valence-electron chi connectivity index (χ1n) is 6.57. The molecule has 0 saturated carbocycles. The monoisotopic (exact) mass is 320 g/mol. The van der Waals surface area contributed by atoms with Crippen molar-refractivity contribution in [3.8, 4) is 5.75 Å². The molecule has 0 aliphatic rings. The molecule has 0 spiro atoms. The van der Waals surface area contributed by atoms with Crippen LogP contribution in [0.3, 0.4) is 0 Å². The van der Waals surface area contributed by atoms with Crippen molar-refractivity contribution in [2.75, 3.05) is 20.3 Å². The van der Waals surface area contributed by atoms with Gasteiger partial charge < -0.3 is 20.5 Å². The molecule has 3 N–H and O–H groups in total. The van der Waals surface area contributed by atoms with E-state index in [0.717, 1.165) is 5.56 Å². The van der Waals surface area contributed by atoms with Gasteiger partial charge in [0, 0.05) is 7.11 Å². The fourth-order valence-electron chi connectivity index (χ4n) is 1.68. The van der Waals surface area contributed by atoms with Gasteiger partial charge in [0.15, 0.2) is 6.61 Å². The highest BCUT2D eigenvalue weighted by Gasteiger charge is 2.28. The molecule has 1 amide bonds. The van der Waals surface area contributed by atoms with Crippen molar-refractivity contribution in [2.24, 2.45) is 5.73 Å². The minimum absolute atomic E-state index is 0.1000. The molecule has 0 aliphatic heterocycles. The fraction of sp³-hybridized carbons (Fsp3) is 0.500. The number of hydrogen-bond acceptors (Lipinski definition) is 4. The van der Waals surface area contributed by atoms with Crippen LogP contribution in [0.5, 0.6) is 5.75 Å². The summed E-state index contributed by atoms with van der Waals surface area (Å²) in [6.45, 7) is 0.496. The van der Waals surface area contributed by atoms with Crippen LogP contribution in [0, 0.1) is 0 Å². The van der Waals surface area contributed by atoms with Gasteiger partial charge in [0.05, 0.1) is 12.6 Å². The number of nitrogens with two attached hydrogens (primary N) is 1. The van der Waals surface area contributed by atoms with Crippen LogP contribution in [0.2, 0.25) is 0 Å². The summed E-state index contributed by atoms with van der Waals surface area (Å²) in [7, 11) is 1.44. The van der Waals surface area contributed by atoms with Crippen molar-refractivity contribution < 1.29 is 27.4 Å². The predicted octanol–water partition coefficient (Wildman–Crippen LogP) is 1.78. The zero-order valence-corrected chi connectivity index (χ0v) is 12.3. The summed E-state index contributed by atoms with van der Waals surface area (Å²) in [6.07, 6.45) is -4.38. The van der Waals surface area contributed by atoms with Crippen molar-refractivity contribution in [1.29, 1.82) is 0 Å². The quantitative estimate of drug-likeness (QED) is 0.803. The van der Waals surface area contributed by atoms with Crippen molar-refractivity contribution in [3.05, 3.63) is 29.8 Å². The van der Waals surface area contributed by atoms with Crippen LogP contribution in [-0.2, 0) is 9.53 Å². The average Bonchev–Trinajstić information content (AvgIpc) is 2.45. The van der Waals surface area contributed by atoms with E-state index in [1.165, 1.54) is 19.2 Å². The molecule has 8 heteroatoms. The van der Waals surface area contributed by atoms with Crippen LogP contribution < -0.4 is 15.8 Å². The number of halogens is 3. The van der Waals surface area contributed by atoms with Crippen LogP contribution in [0.25, 0.3) is 0 Å². The van der Waals surface area contributed by atoms with Crippen molar-refractivity contribution in [2.45, 2.75) is 25.2 Å². The number of amides is 1. The van der Waals surface area contributed by atoms with Gasteiger partial charge in [-0.2, -0.15) is 13.2 Å². The Bertz CT molecular complexity index is 477. The summed E-state index contributed by atoms with van der Waals surface area (Å²) in [5.41, 5.74) is 6.31. The van der Waals surface area contributed by atoms with E-state index < -0.39 is 18.8 Å². The molecule has 0 radical (unpaired) electrons. The van der Waals surface area contributed by atoms with Gasteiger partial charge >= 0.3 is 6.18 Å². The van der Waals surface area contributed by atoms with Crippen LogP contribution in [0.4, 0.5) is 13.2 Å². The van der Waals surface area contributed by atoms with E-state index in [9.17, 15) is 18.0 Å². The highest BCUT2D eigenvalue weighted by molar-refractivity contribution is 5.82. The van der Waals surface area contributed by atoms with Crippen LogP contribution in [0.15, 0.2) is 24.3 Å². The second-order valence-corrected chi connectivity index (χ2v) is 4.76. The normalized spacial score (nSPS) is 14.3. The van der Waals surface area contributed by atoms with E-state index in [4.69, 9.17) is 10.5 Å². The van der Waals surface area contributed by atoms with Crippen molar-refractivity contribution in [1.82, 2.24) is 5.32 Å². The molecule has 1 rings (SSSR count). The second-order valence-electron chi connectivity index (χ2n) is 4.76. The minimum Gasteiger partial charge on any atom is -0.484 e. The predicted molar refractivity (Wildman–Crippen MR) is 74.4 cm³/mol. The Morgan fingerprint density at radius 1 is 1.32 bits per heavy atom. The van der Waals surface area contributed by atoms with Crippen molar-refractivity contribution in [3.63, 3.8) is 0 Å². The molecule has 0 bridgehead atoms. The number of carbonyl (C=O) groups is 1. The maximum Gasteiger partial charge on any atom is 0.422 e. The smallest absolute Gasteiger partial charge is 0.422 e. The van der Waals surface area contributed by atoms with E-state index in [1.54, 1.807) is 19.1 Å². The van der Waals surface area contributed by atoms with E-state index in [0.29, 0.717) is 0 Å². The van der Waals surface area contributed by atoms with E-state index in [1.807, 2.05) is 0 Å². The largest absolute Gasteiger partial charge is 0.484 e. The van der Waals surface area contributed by atoms with Gasteiger partial charge in [-0.15, -0.1) is 0 Å². The van der Waals surface area contributed by atoms with E-state index in [-0.39, 0.29) is 24.3 Å². The highest BCUT2D eigenvalue weighted by atomic mass is 19.4. The number of rotatable bonds is 7. The molecule has 0 fully saturated rings. The molecule has 0 aliphatic carbocycles. The third-order valence-corrected chi connectivity index (χ3v) is 2.82. The molecule has 0 saturated heterocycles. The van der Waals surface area contributed by atoms with Gasteiger partial charge in [0.1, 0.15) is 11.8 Å². The molecule has 2 unspecified atom stereocenters. The van der Waals surface area contributed by atoms with Crippen LogP contribution >= 0.6 is 0 Å². The fourth-order valence-corrected chi connectivity index (χ4v) is 1.68. The third-order valence-electron chi connectivity index (χ3n) is 2.82. The maximum atomic E-state index is 12.0. The number of carbonyl (C=O) groups excluding carboxylic acids is 1. The number of ether oxygens (including phenoxy) is 2. The molecular weight excluding hydrogens is 301 g/mol. The molecule has 0 aromatic heterocycles. The summed E-state index contributed by atoms with van der Waals surface area (Å²) < 4.78 is 45.5. The number of nitrogens with one attached hydrogen (secondary N) is 1. The second kappa shape index (κ2) is 8.00. The molecule has 1 aromatic rings. The number of hydrogen-bond donors (Lipinski definition) is 2. The van der Waals surface area contributed by atoms with E-state index in [2.05, 4.69) is 10.1 Å². The van der Waals surface area contributed by atoms with Crippen molar-refractivity contribution >= 4 is 5.91 Å². The summed E-state index contributed by atoms with van der Waals surface area (Å²) >= 11 is 0. The lowest BCUT2D eigenvalue weighted by atomic mass is 10.1. The number of benzene rings is 1. The lowest BCUT2D eigenvalue weighted by molar-refractivity contribution is -0.153. The first-order chi connectivity index (χ1) is 10.2. The number of alkyl halides is 3. The van der Waals surface area contributed by atoms with Gasteiger partial charge in [-0.1, -0.05) is 12.1 Å². The van der Waals surface area contributed by atoms with Gasteiger partial charge in [-0.25, -0.2) is 0 Å². The minimum atomic E-state index is -4.38. The Hall–Kier alpha value is -1.80. The molecule has 2 atom stereocenters. The lowest BCUT2D eigenvalue weighted by Crippen LogP contribution is -2.44. The lowest BCUT2D eigenvalue weighted by Gasteiger charge is -2.18. The van der Waals surface area contributed by atoms with Gasteiger partial charge in [0.2, 0.25) is 5.91 Å². The average molecular weight is 320 g/mol. The number of methoxy groups -OCH3 is 1. The zero-order chi connectivity index (χ0) is 16.8. The molecule has 1 aromatic carbocycles. The Labute approximate surface area is 126 Å². The first-order valence-corrected chi connectivity index (χ1v) is 6.57. The van der Waals surface area contributed by atoms with Crippen LogP contribution in [0.1, 0.15) is 18.5 Å². The van der Waals surface area contributed by atoms with Gasteiger partial charge in [0.25, 0.3) is 0 Å². The van der Waals surface area contributed by atoms with Gasteiger partial charge in [-0.05, 0) is 24.6 Å². The molecule has 0 heterocycles. The van der Waals surface area contributed by atoms with E-state index >= 15 is 0 Å². The molecule has 5 nitrogen and oxygen atoms in total. The summed E-state index contributed by atoms with van der Waals surface area (Å²) in [5.74, 6) is -0.262. The van der Waals surface area contributed by atoms with Crippen LogP contribution in [-0.4, -0.2) is 38.4 Å². The molecule has 22 heavy (non-hydrogen) atoms. The zero-order valence-electron chi connectivity index (χ0n) is 12.3. The summed E-state index contributed by atoms with van der Waals surface area (Å²) in [5, 5.41) is 2.69. The summed E-state index contributed by atoms with van der Waals surface area (Å²) in [4.78, 5) is 11.7. The SMILES string of the molecule is COCC(N)C(=O)NC(C)c1ccc(OCC(F)(F)F)cc1. The van der Waals surface area contributed by atoms with Gasteiger partial charge in [-0.3, -0.25) is 4.79 Å². The molecular formula is C14H19F3N2O3. The standard InChI is InChI=1S/C14H19F3N2O3/c1-9(19-13(20)12(18)7-21-2)10-3-5-11(6-4-10)22-8-14(15,16)17/h3-6,9,12H,7-8,18H2,1-2H3,(H,19,20). The Morgan fingerprint density at radius 3 is 2.41 bits per heavy atom. The summed E-state index contributed by atoms with van der Waals surface area (Å²) in [6, 6.07) is 4.88. The first kappa shape index (κ1) is 18.2. The Kier molecular flexibility index (Phi) is 6.63. The topological polar surface area (TPSA) is 73.6 Å². The Morgan fingerprint density at radius 2 is 1.91 bits per heavy atom. The third kappa shape index (κ3) is 6.31. The highest BCUT2D eigenvalue weighted by Crippen LogP contribution is 2.21. The maximum absolute atomic E-state index is 12.0. The Balaban J connectivity index is 2.56.